The van der Waals surface area contributed by atoms with E-state index in [1.165, 1.54) is 0 Å². The SMILES string of the molecule is O=C(NC(CC(=O)N1CCSc2ccccc21)c1ccccc1)c1ccccc1. The molecule has 3 aromatic rings. The van der Waals surface area contributed by atoms with E-state index >= 15 is 0 Å². The number of thioether (sulfide) groups is 1. The molecule has 1 heterocycles. The Labute approximate surface area is 174 Å². The fourth-order valence-electron chi connectivity index (χ4n) is 3.48. The lowest BCUT2D eigenvalue weighted by Crippen LogP contribution is -2.39. The van der Waals surface area contributed by atoms with Crippen LogP contribution in [0, 0.1) is 0 Å². The number of benzene rings is 3. The van der Waals surface area contributed by atoms with Gasteiger partial charge < -0.3 is 10.2 Å². The van der Waals surface area contributed by atoms with E-state index in [1.807, 2.05) is 77.7 Å². The van der Waals surface area contributed by atoms with Crippen molar-refractivity contribution in [2.45, 2.75) is 17.4 Å². The summed E-state index contributed by atoms with van der Waals surface area (Å²) in [5.41, 5.74) is 2.46. The van der Waals surface area contributed by atoms with Gasteiger partial charge in [0.05, 0.1) is 18.2 Å². The van der Waals surface area contributed by atoms with E-state index in [4.69, 9.17) is 0 Å². The summed E-state index contributed by atoms with van der Waals surface area (Å²) < 4.78 is 0. The number of amides is 2. The molecule has 1 aliphatic heterocycles. The zero-order valence-electron chi connectivity index (χ0n) is 16.0. The zero-order chi connectivity index (χ0) is 20.1. The van der Waals surface area contributed by atoms with Crippen LogP contribution in [0.4, 0.5) is 5.69 Å². The molecule has 0 aliphatic carbocycles. The Morgan fingerprint density at radius 2 is 1.55 bits per heavy atom. The minimum atomic E-state index is -0.391. The molecule has 1 atom stereocenters. The third-order valence-corrected chi connectivity index (χ3v) is 5.99. The van der Waals surface area contributed by atoms with Gasteiger partial charge in [0.2, 0.25) is 5.91 Å². The quantitative estimate of drug-likeness (QED) is 0.674. The van der Waals surface area contributed by atoms with Gasteiger partial charge in [-0.3, -0.25) is 9.59 Å². The van der Waals surface area contributed by atoms with Crippen molar-refractivity contribution in [3.05, 3.63) is 96.1 Å². The Hall–Kier alpha value is -3.05. The first kappa shape index (κ1) is 19.3. The number of rotatable bonds is 5. The van der Waals surface area contributed by atoms with Crippen molar-refractivity contribution < 1.29 is 9.59 Å². The predicted molar refractivity (Wildman–Crippen MR) is 117 cm³/mol. The van der Waals surface area contributed by atoms with Crippen molar-refractivity contribution in [1.29, 1.82) is 0 Å². The summed E-state index contributed by atoms with van der Waals surface area (Å²) in [6, 6.07) is 26.4. The Morgan fingerprint density at radius 3 is 2.31 bits per heavy atom. The lowest BCUT2D eigenvalue weighted by atomic mass is 10.0. The maximum Gasteiger partial charge on any atom is 0.251 e. The maximum atomic E-state index is 13.2. The van der Waals surface area contributed by atoms with Crippen LogP contribution in [0.25, 0.3) is 0 Å². The van der Waals surface area contributed by atoms with E-state index in [2.05, 4.69) is 5.32 Å². The third kappa shape index (κ3) is 4.51. The standard InChI is InChI=1S/C24H22N2O2S/c27-23(26-15-16-29-22-14-8-7-13-21(22)26)17-20(18-9-3-1-4-10-18)25-24(28)19-11-5-2-6-12-19/h1-14,20H,15-17H2,(H,25,28). The van der Waals surface area contributed by atoms with E-state index in [0.717, 1.165) is 21.9 Å². The fourth-order valence-corrected chi connectivity index (χ4v) is 4.48. The van der Waals surface area contributed by atoms with Gasteiger partial charge in [0.1, 0.15) is 0 Å². The summed E-state index contributed by atoms with van der Waals surface area (Å²) in [6.07, 6.45) is 0.210. The first-order chi connectivity index (χ1) is 14.2. The van der Waals surface area contributed by atoms with Crippen LogP contribution in [0.1, 0.15) is 28.4 Å². The summed E-state index contributed by atoms with van der Waals surface area (Å²) in [7, 11) is 0. The van der Waals surface area contributed by atoms with Gasteiger partial charge >= 0.3 is 0 Å². The van der Waals surface area contributed by atoms with Crippen molar-refractivity contribution >= 4 is 29.3 Å². The van der Waals surface area contributed by atoms with Gasteiger partial charge in [0.15, 0.2) is 0 Å². The Balaban J connectivity index is 1.56. The van der Waals surface area contributed by atoms with Crippen LogP contribution < -0.4 is 10.2 Å². The Morgan fingerprint density at radius 1 is 0.897 bits per heavy atom. The van der Waals surface area contributed by atoms with Gasteiger partial charge in [-0.25, -0.2) is 0 Å². The normalized spacial score (nSPS) is 14.0. The van der Waals surface area contributed by atoms with Crippen LogP contribution >= 0.6 is 11.8 Å². The summed E-state index contributed by atoms with van der Waals surface area (Å²) in [4.78, 5) is 28.9. The molecular weight excluding hydrogens is 380 g/mol. The molecule has 0 spiro atoms. The molecule has 29 heavy (non-hydrogen) atoms. The highest BCUT2D eigenvalue weighted by atomic mass is 32.2. The summed E-state index contributed by atoms with van der Waals surface area (Å²) in [5.74, 6) is 0.705. The van der Waals surface area contributed by atoms with E-state index < -0.39 is 6.04 Å². The molecule has 1 aliphatic rings. The third-order valence-electron chi connectivity index (χ3n) is 4.95. The first-order valence-corrected chi connectivity index (χ1v) is 10.6. The number of nitrogens with one attached hydrogen (secondary N) is 1. The molecule has 0 aromatic heterocycles. The van der Waals surface area contributed by atoms with Crippen LogP contribution in [0.15, 0.2) is 89.8 Å². The number of para-hydroxylation sites is 1. The van der Waals surface area contributed by atoms with Gasteiger partial charge in [-0.2, -0.15) is 0 Å². The van der Waals surface area contributed by atoms with Gasteiger partial charge in [-0.15, -0.1) is 11.8 Å². The minimum Gasteiger partial charge on any atom is -0.345 e. The number of anilines is 1. The van der Waals surface area contributed by atoms with Crippen molar-refractivity contribution in [3.8, 4) is 0 Å². The number of carbonyl (C=O) groups excluding carboxylic acids is 2. The second-order valence-electron chi connectivity index (χ2n) is 6.87. The average molecular weight is 403 g/mol. The molecule has 4 rings (SSSR count). The second kappa shape index (κ2) is 8.97. The van der Waals surface area contributed by atoms with Crippen LogP contribution in [-0.2, 0) is 4.79 Å². The maximum absolute atomic E-state index is 13.2. The Kier molecular flexibility index (Phi) is 5.96. The van der Waals surface area contributed by atoms with Gasteiger partial charge in [0, 0.05) is 22.8 Å². The van der Waals surface area contributed by atoms with Crippen LogP contribution in [0.5, 0.6) is 0 Å². The number of fused-ring (bicyclic) bond motifs is 1. The number of hydrogen-bond donors (Lipinski definition) is 1. The van der Waals surface area contributed by atoms with Crippen LogP contribution in [-0.4, -0.2) is 24.1 Å². The molecule has 3 aromatic carbocycles. The lowest BCUT2D eigenvalue weighted by molar-refractivity contribution is -0.119. The topological polar surface area (TPSA) is 49.4 Å². The number of carbonyl (C=O) groups is 2. The van der Waals surface area contributed by atoms with Crippen LogP contribution in [0.3, 0.4) is 0 Å². The van der Waals surface area contributed by atoms with Crippen molar-refractivity contribution in [3.63, 3.8) is 0 Å². The van der Waals surface area contributed by atoms with E-state index in [-0.39, 0.29) is 18.2 Å². The van der Waals surface area contributed by atoms with Gasteiger partial charge in [-0.1, -0.05) is 60.7 Å². The smallest absolute Gasteiger partial charge is 0.251 e. The van der Waals surface area contributed by atoms with E-state index in [9.17, 15) is 9.59 Å². The summed E-state index contributed by atoms with van der Waals surface area (Å²) >= 11 is 1.77. The molecule has 0 bridgehead atoms. The summed E-state index contributed by atoms with van der Waals surface area (Å²) in [6.45, 7) is 0.675. The highest BCUT2D eigenvalue weighted by Crippen LogP contribution is 2.35. The molecule has 146 valence electrons. The molecule has 2 amide bonds. The van der Waals surface area contributed by atoms with Crippen molar-refractivity contribution in [2.24, 2.45) is 0 Å². The molecule has 0 fully saturated rings. The van der Waals surface area contributed by atoms with E-state index in [0.29, 0.717) is 12.1 Å². The first-order valence-electron chi connectivity index (χ1n) is 9.65. The minimum absolute atomic E-state index is 0.0139. The lowest BCUT2D eigenvalue weighted by Gasteiger charge is -2.30. The van der Waals surface area contributed by atoms with Gasteiger partial charge in [-0.05, 0) is 29.8 Å². The van der Waals surface area contributed by atoms with E-state index in [1.54, 1.807) is 23.9 Å². The second-order valence-corrected chi connectivity index (χ2v) is 8.01. The van der Waals surface area contributed by atoms with Crippen molar-refractivity contribution in [1.82, 2.24) is 5.32 Å². The average Bonchev–Trinajstić information content (AvgIpc) is 2.79. The zero-order valence-corrected chi connectivity index (χ0v) is 16.8. The molecule has 0 radical (unpaired) electrons. The summed E-state index contributed by atoms with van der Waals surface area (Å²) in [5, 5.41) is 3.05. The predicted octanol–water partition coefficient (Wildman–Crippen LogP) is 4.69. The highest BCUT2D eigenvalue weighted by Gasteiger charge is 2.26. The molecule has 0 saturated carbocycles. The highest BCUT2D eigenvalue weighted by molar-refractivity contribution is 7.99. The molecular formula is C24H22N2O2S. The van der Waals surface area contributed by atoms with Gasteiger partial charge in [0.25, 0.3) is 5.91 Å². The molecule has 1 unspecified atom stereocenters. The molecule has 4 nitrogen and oxygen atoms in total. The number of nitrogens with zero attached hydrogens (tertiary/aromatic N) is 1. The van der Waals surface area contributed by atoms with Crippen molar-refractivity contribution in [2.75, 3.05) is 17.2 Å². The largest absolute Gasteiger partial charge is 0.345 e. The van der Waals surface area contributed by atoms with Crippen LogP contribution in [0.2, 0.25) is 0 Å². The fraction of sp³-hybridized carbons (Fsp3) is 0.167. The molecule has 1 N–H and O–H groups in total. The molecule has 0 saturated heterocycles. The monoisotopic (exact) mass is 402 g/mol. The number of hydrogen-bond acceptors (Lipinski definition) is 3. The Bertz CT molecular complexity index is 992. The molecule has 5 heteroatoms.